The molecule has 1 aromatic rings. The second kappa shape index (κ2) is 6.56. The summed E-state index contributed by atoms with van der Waals surface area (Å²) < 4.78 is 10.3. The number of esters is 1. The molecule has 3 N–H and O–H groups in total. The van der Waals surface area contributed by atoms with Gasteiger partial charge in [0.15, 0.2) is 0 Å². The van der Waals surface area contributed by atoms with Gasteiger partial charge in [0.25, 0.3) is 0 Å². The van der Waals surface area contributed by atoms with E-state index in [1.54, 1.807) is 20.1 Å². The molecule has 2 atom stereocenters. The van der Waals surface area contributed by atoms with Gasteiger partial charge in [0.05, 0.1) is 30.2 Å². The van der Waals surface area contributed by atoms with E-state index in [2.05, 4.69) is 10.3 Å². The van der Waals surface area contributed by atoms with E-state index in [0.29, 0.717) is 35.8 Å². The van der Waals surface area contributed by atoms with Gasteiger partial charge in [0.2, 0.25) is 0 Å². The number of hydrogen-bond acceptors (Lipinski definition) is 6. The molecule has 110 valence electrons. The molecule has 1 heterocycles. The largest absolute Gasteiger partial charge is 0.462 e. The Hall–Kier alpha value is -1.82. The molecule has 0 bridgehead atoms. The molecule has 1 aliphatic carbocycles. The van der Waals surface area contributed by atoms with Gasteiger partial charge in [-0.15, -0.1) is 0 Å². The highest BCUT2D eigenvalue weighted by Crippen LogP contribution is 2.25. The van der Waals surface area contributed by atoms with E-state index in [-0.39, 0.29) is 0 Å². The number of methoxy groups -OCH3 is 1. The second-order valence-corrected chi connectivity index (χ2v) is 4.89. The molecule has 6 nitrogen and oxygen atoms in total. The number of anilines is 2. The van der Waals surface area contributed by atoms with E-state index >= 15 is 0 Å². The lowest BCUT2D eigenvalue weighted by Gasteiger charge is -2.14. The Bertz CT molecular complexity index is 479. The number of rotatable bonds is 5. The number of nitrogens with two attached hydrogens (primary N) is 1. The van der Waals surface area contributed by atoms with Crippen LogP contribution in [0.4, 0.5) is 11.5 Å². The first-order valence-corrected chi connectivity index (χ1v) is 6.86. The van der Waals surface area contributed by atoms with Crippen molar-refractivity contribution < 1.29 is 14.3 Å². The van der Waals surface area contributed by atoms with Gasteiger partial charge in [-0.05, 0) is 32.3 Å². The van der Waals surface area contributed by atoms with Gasteiger partial charge >= 0.3 is 5.97 Å². The summed E-state index contributed by atoms with van der Waals surface area (Å²) in [7, 11) is 1.73. The van der Waals surface area contributed by atoms with Gasteiger partial charge < -0.3 is 20.5 Å². The number of pyridine rings is 1. The first-order valence-electron chi connectivity index (χ1n) is 6.86. The molecular formula is C14H21N3O3. The van der Waals surface area contributed by atoms with E-state index in [9.17, 15) is 4.79 Å². The van der Waals surface area contributed by atoms with Crippen molar-refractivity contribution in [2.75, 3.05) is 24.8 Å². The van der Waals surface area contributed by atoms with Crippen LogP contribution in [-0.4, -0.2) is 36.8 Å². The molecule has 6 heteroatoms. The fourth-order valence-electron chi connectivity index (χ4n) is 2.42. The standard InChI is InChI=1S/C14H21N3O3/c1-3-20-14(18)11-7-13(16-8-12(11)15)17-9-4-5-10(6-9)19-2/h7-10H,3-6,15H2,1-2H3,(H,16,17). The minimum Gasteiger partial charge on any atom is -0.462 e. The SMILES string of the molecule is CCOC(=O)c1cc(NC2CCC(OC)C2)ncc1N. The van der Waals surface area contributed by atoms with E-state index < -0.39 is 5.97 Å². The summed E-state index contributed by atoms with van der Waals surface area (Å²) in [4.78, 5) is 16.0. The van der Waals surface area contributed by atoms with Crippen LogP contribution in [0.2, 0.25) is 0 Å². The van der Waals surface area contributed by atoms with Gasteiger partial charge in [-0.3, -0.25) is 0 Å². The van der Waals surface area contributed by atoms with Crippen molar-refractivity contribution in [2.24, 2.45) is 0 Å². The maximum absolute atomic E-state index is 11.8. The predicted molar refractivity (Wildman–Crippen MR) is 76.7 cm³/mol. The topological polar surface area (TPSA) is 86.5 Å². The average Bonchev–Trinajstić information content (AvgIpc) is 2.89. The van der Waals surface area contributed by atoms with Crippen LogP contribution in [-0.2, 0) is 9.47 Å². The van der Waals surface area contributed by atoms with E-state index in [1.807, 2.05) is 0 Å². The van der Waals surface area contributed by atoms with Crippen molar-refractivity contribution in [1.82, 2.24) is 4.98 Å². The van der Waals surface area contributed by atoms with Crippen molar-refractivity contribution in [3.63, 3.8) is 0 Å². The number of nitrogens with one attached hydrogen (secondary N) is 1. The lowest BCUT2D eigenvalue weighted by Crippen LogP contribution is -2.19. The van der Waals surface area contributed by atoms with Crippen molar-refractivity contribution >= 4 is 17.5 Å². The van der Waals surface area contributed by atoms with Gasteiger partial charge in [0.1, 0.15) is 5.82 Å². The summed E-state index contributed by atoms with van der Waals surface area (Å²) in [5.74, 6) is 0.223. The van der Waals surface area contributed by atoms with Gasteiger partial charge in [-0.2, -0.15) is 0 Å². The number of hydrogen-bond donors (Lipinski definition) is 2. The molecule has 0 amide bonds. The highest BCUT2D eigenvalue weighted by Gasteiger charge is 2.24. The predicted octanol–water partition coefficient (Wildman–Crippen LogP) is 1.82. The number of nitrogen functional groups attached to an aromatic ring is 1. The first-order chi connectivity index (χ1) is 9.63. The number of nitrogens with zero attached hydrogens (tertiary/aromatic N) is 1. The Labute approximate surface area is 118 Å². The molecule has 0 aromatic carbocycles. The maximum Gasteiger partial charge on any atom is 0.340 e. The summed E-state index contributed by atoms with van der Waals surface area (Å²) >= 11 is 0. The molecule has 0 radical (unpaired) electrons. The normalized spacial score (nSPS) is 21.7. The molecule has 1 saturated carbocycles. The van der Waals surface area contributed by atoms with E-state index in [4.69, 9.17) is 15.2 Å². The molecule has 0 spiro atoms. The van der Waals surface area contributed by atoms with Crippen molar-refractivity contribution in [3.8, 4) is 0 Å². The fraction of sp³-hybridized carbons (Fsp3) is 0.571. The summed E-state index contributed by atoms with van der Waals surface area (Å²) in [5, 5.41) is 3.32. The minimum atomic E-state index is -0.420. The third-order valence-corrected chi connectivity index (χ3v) is 3.50. The third kappa shape index (κ3) is 3.39. The maximum atomic E-state index is 11.8. The molecule has 20 heavy (non-hydrogen) atoms. The Balaban J connectivity index is 2.06. The third-order valence-electron chi connectivity index (χ3n) is 3.50. The number of aromatic nitrogens is 1. The smallest absolute Gasteiger partial charge is 0.340 e. The minimum absolute atomic E-state index is 0.297. The van der Waals surface area contributed by atoms with Gasteiger partial charge in [-0.1, -0.05) is 0 Å². The molecule has 2 rings (SSSR count). The second-order valence-electron chi connectivity index (χ2n) is 4.89. The number of carbonyl (C=O) groups is 1. The zero-order chi connectivity index (χ0) is 14.5. The number of ether oxygens (including phenoxy) is 2. The number of carbonyl (C=O) groups excluding carboxylic acids is 1. The molecule has 1 aliphatic rings. The van der Waals surface area contributed by atoms with Crippen molar-refractivity contribution in [2.45, 2.75) is 38.3 Å². The molecular weight excluding hydrogens is 258 g/mol. The highest BCUT2D eigenvalue weighted by molar-refractivity contribution is 5.95. The Kier molecular flexibility index (Phi) is 4.79. The van der Waals surface area contributed by atoms with Crippen molar-refractivity contribution in [1.29, 1.82) is 0 Å². The Morgan fingerprint density at radius 3 is 3.00 bits per heavy atom. The summed E-state index contributed by atoms with van der Waals surface area (Å²) in [6.45, 7) is 2.08. The van der Waals surface area contributed by atoms with Gasteiger partial charge in [-0.25, -0.2) is 9.78 Å². The molecule has 0 aliphatic heterocycles. The van der Waals surface area contributed by atoms with Crippen LogP contribution in [0.5, 0.6) is 0 Å². The Morgan fingerprint density at radius 1 is 1.55 bits per heavy atom. The van der Waals surface area contributed by atoms with Crippen molar-refractivity contribution in [3.05, 3.63) is 17.8 Å². The molecule has 0 saturated heterocycles. The van der Waals surface area contributed by atoms with Crippen LogP contribution >= 0.6 is 0 Å². The monoisotopic (exact) mass is 279 g/mol. The van der Waals surface area contributed by atoms with Gasteiger partial charge in [0, 0.05) is 13.2 Å². The van der Waals surface area contributed by atoms with Crippen LogP contribution in [0.3, 0.4) is 0 Å². The molecule has 1 fully saturated rings. The van der Waals surface area contributed by atoms with Crippen LogP contribution in [0.15, 0.2) is 12.3 Å². The molecule has 2 unspecified atom stereocenters. The zero-order valence-electron chi connectivity index (χ0n) is 11.9. The van der Waals surface area contributed by atoms with E-state index in [0.717, 1.165) is 19.3 Å². The Morgan fingerprint density at radius 2 is 2.35 bits per heavy atom. The van der Waals surface area contributed by atoms with E-state index in [1.165, 1.54) is 6.20 Å². The fourth-order valence-corrected chi connectivity index (χ4v) is 2.42. The van der Waals surface area contributed by atoms with Crippen LogP contribution in [0, 0.1) is 0 Å². The quantitative estimate of drug-likeness (QED) is 0.799. The lowest BCUT2D eigenvalue weighted by molar-refractivity contribution is 0.0527. The van der Waals surface area contributed by atoms with Crippen LogP contribution in [0.25, 0.3) is 0 Å². The zero-order valence-corrected chi connectivity index (χ0v) is 11.9. The lowest BCUT2D eigenvalue weighted by atomic mass is 10.2. The van der Waals surface area contributed by atoms with Crippen LogP contribution < -0.4 is 11.1 Å². The summed E-state index contributed by atoms with van der Waals surface area (Å²) in [6, 6.07) is 1.96. The summed E-state index contributed by atoms with van der Waals surface area (Å²) in [5.41, 5.74) is 6.44. The highest BCUT2D eigenvalue weighted by atomic mass is 16.5. The summed E-state index contributed by atoms with van der Waals surface area (Å²) in [6.07, 6.45) is 4.78. The first kappa shape index (κ1) is 14.6. The average molecular weight is 279 g/mol. The van der Waals surface area contributed by atoms with Crippen LogP contribution in [0.1, 0.15) is 36.5 Å². The molecule has 1 aromatic heterocycles.